The van der Waals surface area contributed by atoms with Gasteiger partial charge in [-0.25, -0.2) is 0 Å². The van der Waals surface area contributed by atoms with Gasteiger partial charge < -0.3 is 20.5 Å². The van der Waals surface area contributed by atoms with Crippen molar-refractivity contribution in [2.24, 2.45) is 11.7 Å². The molecule has 0 heterocycles. The Balaban J connectivity index is 2.47. The van der Waals surface area contributed by atoms with E-state index in [4.69, 9.17) is 10.5 Å². The number of methoxy groups -OCH3 is 1. The summed E-state index contributed by atoms with van der Waals surface area (Å²) in [6.45, 7) is 4.03. The van der Waals surface area contributed by atoms with Crippen molar-refractivity contribution in [3.05, 3.63) is 24.3 Å². The average Bonchev–Trinajstić information content (AvgIpc) is 2.47. The fourth-order valence-electron chi connectivity index (χ4n) is 1.52. The van der Waals surface area contributed by atoms with Crippen molar-refractivity contribution >= 4 is 17.6 Å². The van der Waals surface area contributed by atoms with Gasteiger partial charge in [0.15, 0.2) is 0 Å². The van der Waals surface area contributed by atoms with Crippen LogP contribution in [0.5, 0.6) is 5.75 Å². The van der Waals surface area contributed by atoms with Gasteiger partial charge in [-0.15, -0.1) is 0 Å². The van der Waals surface area contributed by atoms with Crippen LogP contribution >= 0.6 is 0 Å². The highest BCUT2D eigenvalue weighted by atomic mass is 16.5. The summed E-state index contributed by atoms with van der Waals surface area (Å²) >= 11 is 0. The van der Waals surface area contributed by atoms with Crippen LogP contribution in [0.2, 0.25) is 0 Å². The number of carbonyl (C=O) groups excluding carboxylic acids is 2. The molecule has 0 unspecified atom stereocenters. The van der Waals surface area contributed by atoms with Gasteiger partial charge >= 0.3 is 5.97 Å². The van der Waals surface area contributed by atoms with Crippen molar-refractivity contribution in [2.45, 2.75) is 26.3 Å². The molecule has 3 N–H and O–H groups in total. The third-order valence-corrected chi connectivity index (χ3v) is 2.95. The lowest BCUT2D eigenvalue weighted by molar-refractivity contribution is -0.141. The second-order valence-corrected chi connectivity index (χ2v) is 4.96. The van der Waals surface area contributed by atoms with E-state index in [0.29, 0.717) is 11.4 Å². The highest BCUT2D eigenvalue weighted by Gasteiger charge is 2.16. The standard InChI is InChI=1S/C15H22N2O4/c1-10(2)14(16)15(19)17-11-4-6-12(7-5-11)21-9-8-13(18)20-3/h4-7,10,14H,8-9,16H2,1-3H3,(H,17,19)/t14-/m0/s1. The Kier molecular flexibility index (Phi) is 6.68. The molecule has 1 rings (SSSR count). The van der Waals surface area contributed by atoms with Crippen LogP contribution in [-0.4, -0.2) is 31.6 Å². The van der Waals surface area contributed by atoms with Crippen LogP contribution in [0.4, 0.5) is 5.69 Å². The van der Waals surface area contributed by atoms with E-state index in [-0.39, 0.29) is 30.8 Å². The Morgan fingerprint density at radius 1 is 1.24 bits per heavy atom. The van der Waals surface area contributed by atoms with Gasteiger partial charge in [-0.2, -0.15) is 0 Å². The Hall–Kier alpha value is -2.08. The summed E-state index contributed by atoms with van der Waals surface area (Å²) in [5.74, 6) is 0.155. The van der Waals surface area contributed by atoms with Gasteiger partial charge in [-0.3, -0.25) is 9.59 Å². The fourth-order valence-corrected chi connectivity index (χ4v) is 1.52. The first kappa shape index (κ1) is 17.0. The van der Waals surface area contributed by atoms with Gasteiger partial charge in [-0.1, -0.05) is 13.8 Å². The maximum Gasteiger partial charge on any atom is 0.308 e. The molecule has 1 atom stereocenters. The van der Waals surface area contributed by atoms with Crippen molar-refractivity contribution in [1.29, 1.82) is 0 Å². The van der Waals surface area contributed by atoms with E-state index in [1.165, 1.54) is 7.11 Å². The first-order valence-corrected chi connectivity index (χ1v) is 6.80. The number of rotatable bonds is 7. The summed E-state index contributed by atoms with van der Waals surface area (Å²) in [6.07, 6.45) is 0.193. The molecule has 116 valence electrons. The molecule has 0 saturated carbocycles. The summed E-state index contributed by atoms with van der Waals surface area (Å²) in [4.78, 5) is 22.7. The van der Waals surface area contributed by atoms with Gasteiger partial charge in [0.1, 0.15) is 5.75 Å². The second kappa shape index (κ2) is 8.26. The molecule has 0 aliphatic rings. The Morgan fingerprint density at radius 3 is 2.38 bits per heavy atom. The van der Waals surface area contributed by atoms with Crippen LogP contribution in [0.25, 0.3) is 0 Å². The molecular formula is C15H22N2O4. The molecule has 6 nitrogen and oxygen atoms in total. The maximum atomic E-state index is 11.8. The number of nitrogens with one attached hydrogen (secondary N) is 1. The molecule has 0 saturated heterocycles. The number of esters is 1. The lowest BCUT2D eigenvalue weighted by Gasteiger charge is -2.15. The van der Waals surface area contributed by atoms with E-state index in [1.54, 1.807) is 24.3 Å². The predicted molar refractivity (Wildman–Crippen MR) is 80.0 cm³/mol. The fraction of sp³-hybridized carbons (Fsp3) is 0.467. The quantitative estimate of drug-likeness (QED) is 0.745. The number of nitrogens with two attached hydrogens (primary N) is 1. The van der Waals surface area contributed by atoms with Crippen molar-refractivity contribution < 1.29 is 19.1 Å². The monoisotopic (exact) mass is 294 g/mol. The molecule has 0 aromatic heterocycles. The maximum absolute atomic E-state index is 11.8. The zero-order valence-corrected chi connectivity index (χ0v) is 12.6. The zero-order chi connectivity index (χ0) is 15.8. The highest BCUT2D eigenvalue weighted by molar-refractivity contribution is 5.94. The van der Waals surface area contributed by atoms with Crippen LogP contribution in [-0.2, 0) is 14.3 Å². The number of ether oxygens (including phenoxy) is 2. The normalized spacial score (nSPS) is 11.9. The summed E-state index contributed by atoms with van der Waals surface area (Å²) in [5, 5.41) is 2.74. The molecule has 0 bridgehead atoms. The van der Waals surface area contributed by atoms with Gasteiger partial charge in [0.05, 0.1) is 26.2 Å². The highest BCUT2D eigenvalue weighted by Crippen LogP contribution is 2.16. The van der Waals surface area contributed by atoms with E-state index in [1.807, 2.05) is 13.8 Å². The zero-order valence-electron chi connectivity index (χ0n) is 12.6. The molecule has 1 aromatic rings. The average molecular weight is 294 g/mol. The van der Waals surface area contributed by atoms with Gasteiger partial charge in [0.2, 0.25) is 5.91 Å². The number of benzene rings is 1. The minimum Gasteiger partial charge on any atom is -0.493 e. The molecule has 0 fully saturated rings. The topological polar surface area (TPSA) is 90.6 Å². The smallest absolute Gasteiger partial charge is 0.308 e. The molecule has 0 spiro atoms. The third-order valence-electron chi connectivity index (χ3n) is 2.95. The molecule has 0 aliphatic carbocycles. The predicted octanol–water partition coefficient (Wildman–Crippen LogP) is 1.55. The molecule has 21 heavy (non-hydrogen) atoms. The summed E-state index contributed by atoms with van der Waals surface area (Å²) in [6, 6.07) is 6.33. The van der Waals surface area contributed by atoms with Gasteiger partial charge in [0.25, 0.3) is 0 Å². The second-order valence-electron chi connectivity index (χ2n) is 4.96. The molecule has 0 radical (unpaired) electrons. The van der Waals surface area contributed by atoms with E-state index in [0.717, 1.165) is 0 Å². The number of anilines is 1. The largest absolute Gasteiger partial charge is 0.493 e. The van der Waals surface area contributed by atoms with E-state index < -0.39 is 6.04 Å². The van der Waals surface area contributed by atoms with Crippen molar-refractivity contribution in [1.82, 2.24) is 0 Å². The lowest BCUT2D eigenvalue weighted by atomic mass is 10.1. The molecule has 6 heteroatoms. The van der Waals surface area contributed by atoms with Crippen molar-refractivity contribution in [3.8, 4) is 5.75 Å². The Labute approximate surface area is 124 Å². The van der Waals surface area contributed by atoms with Crippen LogP contribution in [0.3, 0.4) is 0 Å². The van der Waals surface area contributed by atoms with Crippen molar-refractivity contribution in [3.63, 3.8) is 0 Å². The number of carbonyl (C=O) groups is 2. The van der Waals surface area contributed by atoms with Gasteiger partial charge in [-0.05, 0) is 30.2 Å². The van der Waals surface area contributed by atoms with E-state index >= 15 is 0 Å². The molecule has 1 amide bonds. The van der Waals surface area contributed by atoms with Crippen LogP contribution in [0.15, 0.2) is 24.3 Å². The molecule has 0 aliphatic heterocycles. The van der Waals surface area contributed by atoms with E-state index in [2.05, 4.69) is 10.1 Å². The Morgan fingerprint density at radius 2 is 1.86 bits per heavy atom. The first-order chi connectivity index (χ1) is 9.93. The number of hydrogen-bond donors (Lipinski definition) is 2. The third kappa shape index (κ3) is 5.83. The number of amides is 1. The SMILES string of the molecule is COC(=O)CCOc1ccc(NC(=O)[C@@H](N)C(C)C)cc1. The van der Waals surface area contributed by atoms with Crippen LogP contribution in [0.1, 0.15) is 20.3 Å². The minimum atomic E-state index is -0.541. The summed E-state index contributed by atoms with van der Waals surface area (Å²) < 4.78 is 9.90. The number of hydrogen-bond acceptors (Lipinski definition) is 5. The summed E-state index contributed by atoms with van der Waals surface area (Å²) in [7, 11) is 1.33. The Bertz CT molecular complexity index is 471. The first-order valence-electron chi connectivity index (χ1n) is 6.80. The van der Waals surface area contributed by atoms with Gasteiger partial charge in [0, 0.05) is 5.69 Å². The van der Waals surface area contributed by atoms with Crippen LogP contribution in [0, 0.1) is 5.92 Å². The molecular weight excluding hydrogens is 272 g/mol. The summed E-state index contributed by atoms with van der Waals surface area (Å²) in [5.41, 5.74) is 6.41. The lowest BCUT2D eigenvalue weighted by Crippen LogP contribution is -2.39. The van der Waals surface area contributed by atoms with Crippen molar-refractivity contribution in [2.75, 3.05) is 19.0 Å². The van der Waals surface area contributed by atoms with E-state index in [9.17, 15) is 9.59 Å². The molecule has 1 aromatic carbocycles. The minimum absolute atomic E-state index is 0.0749. The van der Waals surface area contributed by atoms with Crippen LogP contribution < -0.4 is 15.8 Å².